The van der Waals surface area contributed by atoms with Crippen molar-refractivity contribution < 1.29 is 9.21 Å². The van der Waals surface area contributed by atoms with E-state index in [-0.39, 0.29) is 5.91 Å². The molecule has 2 aromatic heterocycles. The molecule has 0 saturated carbocycles. The van der Waals surface area contributed by atoms with Crippen molar-refractivity contribution in [1.29, 1.82) is 0 Å². The quantitative estimate of drug-likeness (QED) is 0.655. The van der Waals surface area contributed by atoms with Crippen molar-refractivity contribution >= 4 is 16.9 Å². The number of piperidine rings is 1. The van der Waals surface area contributed by atoms with Crippen molar-refractivity contribution in [2.45, 2.75) is 52.0 Å². The van der Waals surface area contributed by atoms with Gasteiger partial charge in [-0.05, 0) is 38.3 Å². The van der Waals surface area contributed by atoms with Crippen molar-refractivity contribution in [3.05, 3.63) is 53.8 Å². The minimum Gasteiger partial charge on any atom is -0.461 e. The summed E-state index contributed by atoms with van der Waals surface area (Å²) >= 11 is 0. The topological polar surface area (TPSA) is 51.3 Å². The zero-order chi connectivity index (χ0) is 18.8. The number of nitrogens with zero attached hydrogens (tertiary/aromatic N) is 3. The Hall–Kier alpha value is -2.56. The number of furan rings is 1. The molecular weight excluding hydrogens is 338 g/mol. The standard InChI is InChI=1S/C22H27N3O2/c1-3-4-11-24-13-10-23-21(24)18-8-6-12-25(15-18)22(26)19-9-5-7-17-14-16(2)27-20(17)19/h5,7,9-10,13-14,18H,3-4,6,8,11-12,15H2,1-2H3/t18-/m0/s1. The number of rotatable bonds is 5. The summed E-state index contributed by atoms with van der Waals surface area (Å²) in [6.45, 7) is 6.64. The number of benzene rings is 1. The summed E-state index contributed by atoms with van der Waals surface area (Å²) in [4.78, 5) is 19.8. The van der Waals surface area contributed by atoms with E-state index < -0.39 is 0 Å². The number of unbranched alkanes of at least 4 members (excludes halogenated alkanes) is 1. The molecule has 0 N–H and O–H groups in total. The number of amides is 1. The molecule has 0 spiro atoms. The van der Waals surface area contributed by atoms with E-state index in [0.29, 0.717) is 17.1 Å². The zero-order valence-electron chi connectivity index (χ0n) is 16.1. The number of aromatic nitrogens is 2. The maximum atomic E-state index is 13.2. The summed E-state index contributed by atoms with van der Waals surface area (Å²) in [6, 6.07) is 7.78. The normalized spacial score (nSPS) is 17.6. The van der Waals surface area contributed by atoms with Gasteiger partial charge >= 0.3 is 0 Å². The first-order valence-corrected chi connectivity index (χ1v) is 9.97. The molecule has 1 aliphatic heterocycles. The highest BCUT2D eigenvalue weighted by Gasteiger charge is 2.29. The van der Waals surface area contributed by atoms with E-state index in [1.165, 1.54) is 6.42 Å². The van der Waals surface area contributed by atoms with Gasteiger partial charge in [0.05, 0.1) is 5.56 Å². The molecule has 4 rings (SSSR count). The van der Waals surface area contributed by atoms with Crippen LogP contribution in [-0.2, 0) is 6.54 Å². The molecule has 5 heteroatoms. The minimum absolute atomic E-state index is 0.0614. The second-order valence-corrected chi connectivity index (χ2v) is 7.50. The van der Waals surface area contributed by atoms with Crippen LogP contribution in [0.5, 0.6) is 0 Å². The highest BCUT2D eigenvalue weighted by Crippen LogP contribution is 2.29. The molecule has 0 unspecified atom stereocenters. The zero-order valence-corrected chi connectivity index (χ0v) is 16.1. The van der Waals surface area contributed by atoms with Crippen LogP contribution < -0.4 is 0 Å². The van der Waals surface area contributed by atoms with Crippen molar-refractivity contribution in [3.63, 3.8) is 0 Å². The highest BCUT2D eigenvalue weighted by atomic mass is 16.3. The Balaban J connectivity index is 1.56. The van der Waals surface area contributed by atoms with Gasteiger partial charge < -0.3 is 13.9 Å². The summed E-state index contributed by atoms with van der Waals surface area (Å²) in [7, 11) is 0. The number of likely N-dealkylation sites (tertiary alicyclic amines) is 1. The third kappa shape index (κ3) is 3.51. The number of carbonyl (C=O) groups excluding carboxylic acids is 1. The number of hydrogen-bond donors (Lipinski definition) is 0. The van der Waals surface area contributed by atoms with Crippen LogP contribution in [0.3, 0.4) is 0 Å². The minimum atomic E-state index is 0.0614. The maximum Gasteiger partial charge on any atom is 0.257 e. The second kappa shape index (κ2) is 7.59. The Morgan fingerprint density at radius 3 is 3.11 bits per heavy atom. The predicted octanol–water partition coefficient (Wildman–Crippen LogP) is 4.76. The molecule has 0 bridgehead atoms. The van der Waals surface area contributed by atoms with Crippen LogP contribution in [0.1, 0.15) is 60.5 Å². The fraction of sp³-hybridized carbons (Fsp3) is 0.455. The van der Waals surface area contributed by atoms with Crippen molar-refractivity contribution in [2.75, 3.05) is 13.1 Å². The van der Waals surface area contributed by atoms with Crippen LogP contribution in [0, 0.1) is 6.92 Å². The summed E-state index contributed by atoms with van der Waals surface area (Å²) in [5.74, 6) is 2.31. The molecular formula is C22H27N3O2. The molecule has 27 heavy (non-hydrogen) atoms. The van der Waals surface area contributed by atoms with Gasteiger partial charge in [-0.15, -0.1) is 0 Å². The Kier molecular flexibility index (Phi) is 5.01. The van der Waals surface area contributed by atoms with E-state index in [1.807, 2.05) is 42.3 Å². The average molecular weight is 365 g/mol. The number of fused-ring (bicyclic) bond motifs is 1. The van der Waals surface area contributed by atoms with Crippen LogP contribution in [0.15, 0.2) is 41.1 Å². The van der Waals surface area contributed by atoms with Crippen LogP contribution in [0.4, 0.5) is 0 Å². The van der Waals surface area contributed by atoms with Gasteiger partial charge in [-0.3, -0.25) is 4.79 Å². The van der Waals surface area contributed by atoms with E-state index in [2.05, 4.69) is 22.7 Å². The van der Waals surface area contributed by atoms with E-state index in [1.54, 1.807) is 0 Å². The Morgan fingerprint density at radius 2 is 2.26 bits per heavy atom. The molecule has 1 aromatic carbocycles. The van der Waals surface area contributed by atoms with Crippen LogP contribution in [0.2, 0.25) is 0 Å². The monoisotopic (exact) mass is 365 g/mol. The first-order chi connectivity index (χ1) is 13.2. The van der Waals surface area contributed by atoms with Crippen LogP contribution in [0.25, 0.3) is 11.0 Å². The lowest BCUT2D eigenvalue weighted by Gasteiger charge is -2.32. The molecule has 3 heterocycles. The fourth-order valence-corrected chi connectivity index (χ4v) is 4.10. The number of aryl methyl sites for hydroxylation is 2. The van der Waals surface area contributed by atoms with Gasteiger partial charge in [0, 0.05) is 43.3 Å². The fourth-order valence-electron chi connectivity index (χ4n) is 4.10. The van der Waals surface area contributed by atoms with E-state index in [4.69, 9.17) is 4.42 Å². The molecule has 1 atom stereocenters. The molecule has 142 valence electrons. The lowest BCUT2D eigenvalue weighted by molar-refractivity contribution is 0.0704. The van der Waals surface area contributed by atoms with E-state index in [9.17, 15) is 4.79 Å². The van der Waals surface area contributed by atoms with Crippen molar-refractivity contribution in [3.8, 4) is 0 Å². The summed E-state index contributed by atoms with van der Waals surface area (Å²) in [5.41, 5.74) is 1.36. The SMILES string of the molecule is CCCCn1ccnc1[C@H]1CCCN(C(=O)c2cccc3cc(C)oc23)C1. The van der Waals surface area contributed by atoms with Gasteiger partial charge in [0.15, 0.2) is 0 Å². The average Bonchev–Trinajstić information content (AvgIpc) is 3.31. The van der Waals surface area contributed by atoms with Crippen LogP contribution >= 0.6 is 0 Å². The van der Waals surface area contributed by atoms with E-state index >= 15 is 0 Å². The van der Waals surface area contributed by atoms with Gasteiger partial charge in [0.25, 0.3) is 5.91 Å². The Morgan fingerprint density at radius 1 is 1.37 bits per heavy atom. The molecule has 0 radical (unpaired) electrons. The molecule has 1 fully saturated rings. The first kappa shape index (κ1) is 17.8. The van der Waals surface area contributed by atoms with Gasteiger partial charge in [-0.1, -0.05) is 25.5 Å². The maximum absolute atomic E-state index is 13.2. The Labute approximate surface area is 160 Å². The van der Waals surface area contributed by atoms with Gasteiger partial charge in [0.1, 0.15) is 17.2 Å². The molecule has 5 nitrogen and oxygen atoms in total. The third-order valence-corrected chi connectivity index (χ3v) is 5.47. The molecule has 0 aliphatic carbocycles. The number of imidazole rings is 1. The highest BCUT2D eigenvalue weighted by molar-refractivity contribution is 6.05. The summed E-state index contributed by atoms with van der Waals surface area (Å²) in [5, 5.41) is 0.988. The van der Waals surface area contributed by atoms with Gasteiger partial charge in [0.2, 0.25) is 0 Å². The predicted molar refractivity (Wildman–Crippen MR) is 106 cm³/mol. The van der Waals surface area contributed by atoms with Crippen molar-refractivity contribution in [2.24, 2.45) is 0 Å². The second-order valence-electron chi connectivity index (χ2n) is 7.50. The molecule has 3 aromatic rings. The third-order valence-electron chi connectivity index (χ3n) is 5.47. The summed E-state index contributed by atoms with van der Waals surface area (Å²) < 4.78 is 8.07. The molecule has 1 amide bonds. The van der Waals surface area contributed by atoms with Crippen LogP contribution in [-0.4, -0.2) is 33.4 Å². The lowest BCUT2D eigenvalue weighted by atomic mass is 9.96. The van der Waals surface area contributed by atoms with E-state index in [0.717, 1.165) is 55.9 Å². The Bertz CT molecular complexity index is 940. The number of hydrogen-bond acceptors (Lipinski definition) is 3. The summed E-state index contributed by atoms with van der Waals surface area (Å²) in [6.07, 6.45) is 8.36. The first-order valence-electron chi connectivity index (χ1n) is 9.97. The molecule has 1 aliphatic rings. The largest absolute Gasteiger partial charge is 0.461 e. The number of carbonyl (C=O) groups is 1. The smallest absolute Gasteiger partial charge is 0.257 e. The lowest BCUT2D eigenvalue weighted by Crippen LogP contribution is -2.39. The number of para-hydroxylation sites is 1. The van der Waals surface area contributed by atoms with Gasteiger partial charge in [-0.25, -0.2) is 4.98 Å². The van der Waals surface area contributed by atoms with Gasteiger partial charge in [-0.2, -0.15) is 0 Å². The van der Waals surface area contributed by atoms with Crippen molar-refractivity contribution in [1.82, 2.24) is 14.5 Å². The molecule has 1 saturated heterocycles.